The van der Waals surface area contributed by atoms with E-state index in [0.717, 1.165) is 50.1 Å². The molecule has 26 heavy (non-hydrogen) atoms. The van der Waals surface area contributed by atoms with Gasteiger partial charge in [0.1, 0.15) is 0 Å². The van der Waals surface area contributed by atoms with Gasteiger partial charge in [0.25, 0.3) is 0 Å². The van der Waals surface area contributed by atoms with Gasteiger partial charge in [0.05, 0.1) is 17.1 Å². The lowest BCUT2D eigenvalue weighted by Gasteiger charge is -2.34. The van der Waals surface area contributed by atoms with Crippen LogP contribution in [0.4, 0.5) is 16.0 Å². The summed E-state index contributed by atoms with van der Waals surface area (Å²) in [5.41, 5.74) is 0. The average Bonchev–Trinajstić information content (AvgIpc) is 3.07. The molecule has 0 aromatic carbocycles. The van der Waals surface area contributed by atoms with Crippen LogP contribution in [0.2, 0.25) is 0 Å². The van der Waals surface area contributed by atoms with Gasteiger partial charge in [0, 0.05) is 38.0 Å². The highest BCUT2D eigenvalue weighted by molar-refractivity contribution is 7.19. The van der Waals surface area contributed by atoms with Crippen LogP contribution < -0.4 is 9.80 Å². The maximum atomic E-state index is 11.6. The van der Waals surface area contributed by atoms with Gasteiger partial charge in [-0.15, -0.1) is 0 Å². The van der Waals surface area contributed by atoms with Crippen LogP contribution in [0.3, 0.4) is 0 Å². The predicted octanol–water partition coefficient (Wildman–Crippen LogP) is 2.25. The van der Waals surface area contributed by atoms with E-state index in [-0.39, 0.29) is 27.9 Å². The van der Waals surface area contributed by atoms with Gasteiger partial charge in [0.2, 0.25) is 5.82 Å². The van der Waals surface area contributed by atoms with Crippen LogP contribution in [0.25, 0.3) is 0 Å². The number of nitro groups is 1. The Balaban J connectivity index is 1.83. The Morgan fingerprint density at radius 2 is 1.65 bits per heavy atom. The van der Waals surface area contributed by atoms with E-state index < -0.39 is 6.10 Å². The SMILES string of the molecule is CC(O)C1CCCN(c2nc(N3CCCC(C(C)O)C3)c([N+](=O)[O-])s2)C1. The molecule has 0 radical (unpaired) electrons. The Hall–Kier alpha value is -1.45. The molecule has 146 valence electrons. The molecular formula is C17H28N4O4S. The van der Waals surface area contributed by atoms with Crippen molar-refractivity contribution in [2.24, 2.45) is 11.8 Å². The lowest BCUT2D eigenvalue weighted by atomic mass is 9.93. The first kappa shape index (κ1) is 19.3. The number of anilines is 2. The quantitative estimate of drug-likeness (QED) is 0.593. The second-order valence-corrected chi connectivity index (χ2v) is 8.52. The van der Waals surface area contributed by atoms with Crippen molar-refractivity contribution >= 4 is 27.3 Å². The number of aliphatic hydroxyl groups is 2. The number of piperidine rings is 2. The summed E-state index contributed by atoms with van der Waals surface area (Å²) < 4.78 is 0. The molecule has 2 saturated heterocycles. The van der Waals surface area contributed by atoms with E-state index in [1.165, 1.54) is 0 Å². The maximum Gasteiger partial charge on any atom is 0.369 e. The standard InChI is InChI=1S/C17H28N4O4S/c1-11(22)13-5-3-7-19(9-13)15-16(21(24)25)26-17(18-15)20-8-4-6-14(10-20)12(2)23/h11-14,22-23H,3-10H2,1-2H3. The van der Waals surface area contributed by atoms with Gasteiger partial charge in [0.15, 0.2) is 5.13 Å². The Morgan fingerprint density at radius 1 is 1.12 bits per heavy atom. The third kappa shape index (κ3) is 4.10. The van der Waals surface area contributed by atoms with Crippen molar-refractivity contribution in [3.8, 4) is 0 Å². The molecular weight excluding hydrogens is 356 g/mol. The van der Waals surface area contributed by atoms with Crippen molar-refractivity contribution in [1.82, 2.24) is 4.98 Å². The molecule has 4 unspecified atom stereocenters. The van der Waals surface area contributed by atoms with Crippen molar-refractivity contribution in [2.45, 2.75) is 51.7 Å². The minimum atomic E-state index is -0.427. The van der Waals surface area contributed by atoms with E-state index in [1.54, 1.807) is 13.8 Å². The fourth-order valence-electron chi connectivity index (χ4n) is 3.93. The highest BCUT2D eigenvalue weighted by Crippen LogP contribution is 2.41. The number of rotatable bonds is 5. The molecule has 1 aromatic rings. The zero-order chi connectivity index (χ0) is 18.8. The van der Waals surface area contributed by atoms with Crippen LogP contribution in [0.1, 0.15) is 39.5 Å². The van der Waals surface area contributed by atoms with E-state index >= 15 is 0 Å². The van der Waals surface area contributed by atoms with Gasteiger partial charge >= 0.3 is 5.00 Å². The summed E-state index contributed by atoms with van der Waals surface area (Å²) in [6.45, 7) is 6.38. The van der Waals surface area contributed by atoms with Crippen molar-refractivity contribution in [1.29, 1.82) is 0 Å². The molecule has 3 heterocycles. The van der Waals surface area contributed by atoms with E-state index in [1.807, 2.05) is 4.90 Å². The zero-order valence-corrected chi connectivity index (χ0v) is 16.2. The predicted molar refractivity (Wildman–Crippen MR) is 102 cm³/mol. The minimum absolute atomic E-state index is 0.0745. The molecule has 2 fully saturated rings. The molecule has 8 nitrogen and oxygen atoms in total. The molecule has 2 aliphatic heterocycles. The molecule has 4 atom stereocenters. The Kier molecular flexibility index (Phi) is 5.99. The molecule has 1 aromatic heterocycles. The highest BCUT2D eigenvalue weighted by atomic mass is 32.1. The lowest BCUT2D eigenvalue weighted by molar-refractivity contribution is -0.379. The summed E-state index contributed by atoms with van der Waals surface area (Å²) in [6.07, 6.45) is 2.93. The zero-order valence-electron chi connectivity index (χ0n) is 15.4. The van der Waals surface area contributed by atoms with Crippen LogP contribution in [-0.2, 0) is 0 Å². The first-order valence-electron chi connectivity index (χ1n) is 9.38. The van der Waals surface area contributed by atoms with Crippen LogP contribution in [-0.4, -0.2) is 58.5 Å². The molecule has 0 bridgehead atoms. The Labute approximate surface area is 157 Å². The van der Waals surface area contributed by atoms with E-state index in [0.29, 0.717) is 24.0 Å². The smallest absolute Gasteiger partial charge is 0.369 e. The van der Waals surface area contributed by atoms with E-state index in [9.17, 15) is 20.3 Å². The lowest BCUT2D eigenvalue weighted by Crippen LogP contribution is -2.40. The second-order valence-electron chi connectivity index (χ2n) is 7.56. The molecule has 0 spiro atoms. The summed E-state index contributed by atoms with van der Waals surface area (Å²) in [5, 5.41) is 32.1. The molecule has 0 amide bonds. The summed E-state index contributed by atoms with van der Waals surface area (Å²) in [6, 6.07) is 0. The summed E-state index contributed by atoms with van der Waals surface area (Å²) >= 11 is 1.12. The van der Waals surface area contributed by atoms with Crippen LogP contribution in [0.5, 0.6) is 0 Å². The van der Waals surface area contributed by atoms with Crippen molar-refractivity contribution in [2.75, 3.05) is 36.0 Å². The fourth-order valence-corrected chi connectivity index (χ4v) is 4.87. The van der Waals surface area contributed by atoms with Gasteiger partial charge in [-0.1, -0.05) is 0 Å². The topological polar surface area (TPSA) is 103 Å². The van der Waals surface area contributed by atoms with Gasteiger partial charge < -0.3 is 20.0 Å². The van der Waals surface area contributed by atoms with Crippen LogP contribution in [0.15, 0.2) is 0 Å². The molecule has 0 saturated carbocycles. The van der Waals surface area contributed by atoms with Gasteiger partial charge in [-0.2, -0.15) is 4.98 Å². The highest BCUT2D eigenvalue weighted by Gasteiger charge is 2.34. The largest absolute Gasteiger partial charge is 0.393 e. The number of nitrogens with zero attached hydrogens (tertiary/aromatic N) is 4. The van der Waals surface area contributed by atoms with Crippen molar-refractivity contribution in [3.05, 3.63) is 10.1 Å². The average molecular weight is 385 g/mol. The van der Waals surface area contributed by atoms with Crippen molar-refractivity contribution in [3.63, 3.8) is 0 Å². The number of hydrogen-bond donors (Lipinski definition) is 2. The van der Waals surface area contributed by atoms with E-state index in [4.69, 9.17) is 0 Å². The maximum absolute atomic E-state index is 11.6. The third-order valence-corrected chi connectivity index (χ3v) is 6.65. The number of aromatic nitrogens is 1. The molecule has 2 N–H and O–H groups in total. The first-order valence-corrected chi connectivity index (χ1v) is 10.2. The number of thiazole rings is 1. The second kappa shape index (κ2) is 8.06. The number of hydrogen-bond acceptors (Lipinski definition) is 8. The monoisotopic (exact) mass is 384 g/mol. The molecule has 0 aliphatic carbocycles. The minimum Gasteiger partial charge on any atom is -0.393 e. The third-order valence-electron chi connectivity index (χ3n) is 5.60. The van der Waals surface area contributed by atoms with Crippen molar-refractivity contribution < 1.29 is 15.1 Å². The molecule has 9 heteroatoms. The molecule has 3 rings (SSSR count). The summed E-state index contributed by atoms with van der Waals surface area (Å²) in [7, 11) is 0. The van der Waals surface area contributed by atoms with Crippen LogP contribution in [0, 0.1) is 22.0 Å². The summed E-state index contributed by atoms with van der Waals surface area (Å²) in [5.74, 6) is 0.715. The van der Waals surface area contributed by atoms with Crippen LogP contribution >= 0.6 is 11.3 Å². The first-order chi connectivity index (χ1) is 12.4. The van der Waals surface area contributed by atoms with Gasteiger partial charge in [-0.05, 0) is 50.9 Å². The van der Waals surface area contributed by atoms with Gasteiger partial charge in [-0.25, -0.2) is 0 Å². The number of aliphatic hydroxyl groups excluding tert-OH is 2. The van der Waals surface area contributed by atoms with E-state index in [2.05, 4.69) is 9.88 Å². The Morgan fingerprint density at radius 3 is 2.19 bits per heavy atom. The Bertz CT molecular complexity index is 636. The normalized spacial score (nSPS) is 26.6. The summed E-state index contributed by atoms with van der Waals surface area (Å²) in [4.78, 5) is 19.9. The molecule has 2 aliphatic rings. The fraction of sp³-hybridized carbons (Fsp3) is 0.824. The van der Waals surface area contributed by atoms with Gasteiger partial charge in [-0.3, -0.25) is 10.1 Å².